The van der Waals surface area contributed by atoms with Crippen molar-refractivity contribution in [2.75, 3.05) is 0 Å². The normalized spacial score (nSPS) is 10.6. The van der Waals surface area contributed by atoms with E-state index in [0.29, 0.717) is 10.7 Å². The SMILES string of the molecule is O=c1ccc(-c2cccc(Cl)c2)nn1Cc1ccc(F)cc1. The lowest BCUT2D eigenvalue weighted by Gasteiger charge is -2.07. The van der Waals surface area contributed by atoms with E-state index in [4.69, 9.17) is 11.6 Å². The fraction of sp³-hybridized carbons (Fsp3) is 0.0588. The molecule has 0 atom stereocenters. The molecule has 0 aliphatic rings. The Morgan fingerprint density at radius 3 is 2.55 bits per heavy atom. The minimum Gasteiger partial charge on any atom is -0.268 e. The average Bonchev–Trinajstić information content (AvgIpc) is 2.52. The fourth-order valence-electron chi connectivity index (χ4n) is 2.13. The molecule has 0 aliphatic heterocycles. The number of benzene rings is 2. The van der Waals surface area contributed by atoms with Crippen molar-refractivity contribution in [3.05, 3.63) is 87.4 Å². The number of aromatic nitrogens is 2. The monoisotopic (exact) mass is 314 g/mol. The first-order chi connectivity index (χ1) is 10.6. The lowest BCUT2D eigenvalue weighted by atomic mass is 10.1. The van der Waals surface area contributed by atoms with Crippen molar-refractivity contribution in [2.45, 2.75) is 6.54 Å². The van der Waals surface area contributed by atoms with Gasteiger partial charge in [-0.2, -0.15) is 5.10 Å². The first kappa shape index (κ1) is 14.5. The maximum atomic E-state index is 12.9. The Kier molecular flexibility index (Phi) is 4.02. The smallest absolute Gasteiger partial charge is 0.267 e. The Balaban J connectivity index is 1.96. The van der Waals surface area contributed by atoms with E-state index in [9.17, 15) is 9.18 Å². The van der Waals surface area contributed by atoms with Crippen LogP contribution in [0.3, 0.4) is 0 Å². The van der Waals surface area contributed by atoms with Crippen molar-refractivity contribution in [1.29, 1.82) is 0 Å². The van der Waals surface area contributed by atoms with Gasteiger partial charge in [0.2, 0.25) is 0 Å². The quantitative estimate of drug-likeness (QED) is 0.738. The molecule has 1 aromatic heterocycles. The summed E-state index contributed by atoms with van der Waals surface area (Å²) in [4.78, 5) is 11.9. The zero-order valence-electron chi connectivity index (χ0n) is 11.5. The molecule has 0 aliphatic carbocycles. The summed E-state index contributed by atoms with van der Waals surface area (Å²) in [7, 11) is 0. The van der Waals surface area contributed by atoms with Crippen LogP contribution in [0.2, 0.25) is 5.02 Å². The maximum Gasteiger partial charge on any atom is 0.267 e. The molecule has 3 nitrogen and oxygen atoms in total. The van der Waals surface area contributed by atoms with E-state index in [1.54, 1.807) is 30.3 Å². The van der Waals surface area contributed by atoms with Crippen LogP contribution in [0.15, 0.2) is 65.5 Å². The molecule has 0 fully saturated rings. The van der Waals surface area contributed by atoms with Crippen molar-refractivity contribution in [3.8, 4) is 11.3 Å². The average molecular weight is 315 g/mol. The first-order valence-corrected chi connectivity index (χ1v) is 7.08. The number of nitrogens with zero attached hydrogens (tertiary/aromatic N) is 2. The summed E-state index contributed by atoms with van der Waals surface area (Å²) in [6, 6.07) is 16.4. The van der Waals surface area contributed by atoms with E-state index < -0.39 is 0 Å². The van der Waals surface area contributed by atoms with Crippen LogP contribution in [0.1, 0.15) is 5.56 Å². The van der Waals surface area contributed by atoms with Gasteiger partial charge in [-0.15, -0.1) is 0 Å². The second-order valence-corrected chi connectivity index (χ2v) is 5.29. The van der Waals surface area contributed by atoms with Gasteiger partial charge in [0.05, 0.1) is 12.2 Å². The molecule has 0 amide bonds. The summed E-state index contributed by atoms with van der Waals surface area (Å²) in [5.41, 5.74) is 2.08. The van der Waals surface area contributed by atoms with Gasteiger partial charge in [0.25, 0.3) is 5.56 Å². The summed E-state index contributed by atoms with van der Waals surface area (Å²) < 4.78 is 14.3. The van der Waals surface area contributed by atoms with Crippen LogP contribution in [-0.4, -0.2) is 9.78 Å². The molecule has 0 spiro atoms. The third kappa shape index (κ3) is 3.23. The van der Waals surface area contributed by atoms with Crippen molar-refractivity contribution in [1.82, 2.24) is 9.78 Å². The highest BCUT2D eigenvalue weighted by Crippen LogP contribution is 2.19. The van der Waals surface area contributed by atoms with Gasteiger partial charge >= 0.3 is 0 Å². The summed E-state index contributed by atoms with van der Waals surface area (Å²) in [6.07, 6.45) is 0. The minimum absolute atomic E-state index is 0.213. The molecule has 22 heavy (non-hydrogen) atoms. The van der Waals surface area contributed by atoms with Crippen LogP contribution < -0.4 is 5.56 Å². The van der Waals surface area contributed by atoms with E-state index in [2.05, 4.69) is 5.10 Å². The van der Waals surface area contributed by atoms with Gasteiger partial charge in [-0.1, -0.05) is 35.9 Å². The van der Waals surface area contributed by atoms with E-state index in [1.165, 1.54) is 22.9 Å². The van der Waals surface area contributed by atoms with Crippen LogP contribution in [0.4, 0.5) is 4.39 Å². The third-order valence-corrected chi connectivity index (χ3v) is 3.47. The van der Waals surface area contributed by atoms with Crippen LogP contribution in [-0.2, 0) is 6.54 Å². The van der Waals surface area contributed by atoms with E-state index in [1.807, 2.05) is 12.1 Å². The highest BCUT2D eigenvalue weighted by atomic mass is 35.5. The second kappa shape index (κ2) is 6.12. The van der Waals surface area contributed by atoms with Crippen LogP contribution >= 0.6 is 11.6 Å². The Labute approximate surface area is 131 Å². The van der Waals surface area contributed by atoms with E-state index >= 15 is 0 Å². The standard InChI is InChI=1S/C17H12ClFN2O/c18-14-3-1-2-13(10-14)16-8-9-17(22)21(20-16)11-12-4-6-15(19)7-5-12/h1-10H,11H2. The predicted molar refractivity (Wildman–Crippen MR) is 84.4 cm³/mol. The molecule has 3 rings (SSSR count). The van der Waals surface area contributed by atoms with Crippen LogP contribution in [0, 0.1) is 5.82 Å². The molecule has 0 saturated carbocycles. The lowest BCUT2D eigenvalue weighted by Crippen LogP contribution is -2.22. The van der Waals surface area contributed by atoms with Gasteiger partial charge in [0.1, 0.15) is 5.82 Å². The van der Waals surface area contributed by atoms with E-state index in [-0.39, 0.29) is 17.9 Å². The Morgan fingerprint density at radius 2 is 1.82 bits per heavy atom. The van der Waals surface area contributed by atoms with Gasteiger partial charge in [-0.05, 0) is 35.9 Å². The molecule has 3 aromatic rings. The summed E-state index contributed by atoms with van der Waals surface area (Å²) in [6.45, 7) is 0.285. The zero-order valence-corrected chi connectivity index (χ0v) is 12.3. The molecule has 1 heterocycles. The number of hydrogen-bond donors (Lipinski definition) is 0. The molecule has 5 heteroatoms. The molecular weight excluding hydrogens is 303 g/mol. The molecule has 0 radical (unpaired) electrons. The summed E-state index contributed by atoms with van der Waals surface area (Å²) >= 11 is 5.98. The summed E-state index contributed by atoms with van der Waals surface area (Å²) in [5, 5.41) is 4.96. The second-order valence-electron chi connectivity index (χ2n) is 4.85. The van der Waals surface area contributed by atoms with Crippen molar-refractivity contribution in [3.63, 3.8) is 0 Å². The number of halogens is 2. The molecule has 0 unspecified atom stereocenters. The van der Waals surface area contributed by atoms with Gasteiger partial charge in [0, 0.05) is 16.7 Å². The molecule has 110 valence electrons. The Bertz CT molecular complexity index is 859. The Hall–Kier alpha value is -2.46. The van der Waals surface area contributed by atoms with Crippen molar-refractivity contribution < 1.29 is 4.39 Å². The van der Waals surface area contributed by atoms with Gasteiger partial charge < -0.3 is 0 Å². The van der Waals surface area contributed by atoms with Crippen molar-refractivity contribution in [2.24, 2.45) is 0 Å². The van der Waals surface area contributed by atoms with Crippen LogP contribution in [0.5, 0.6) is 0 Å². The number of hydrogen-bond acceptors (Lipinski definition) is 2. The van der Waals surface area contributed by atoms with Gasteiger partial charge in [-0.25, -0.2) is 9.07 Å². The third-order valence-electron chi connectivity index (χ3n) is 3.23. The zero-order chi connectivity index (χ0) is 15.5. The molecule has 0 N–H and O–H groups in total. The van der Waals surface area contributed by atoms with Gasteiger partial charge in [-0.3, -0.25) is 4.79 Å². The predicted octanol–water partition coefficient (Wildman–Crippen LogP) is 3.75. The molecule has 0 bridgehead atoms. The van der Waals surface area contributed by atoms with Crippen molar-refractivity contribution >= 4 is 11.6 Å². The Morgan fingerprint density at radius 1 is 1.05 bits per heavy atom. The maximum absolute atomic E-state index is 12.9. The largest absolute Gasteiger partial charge is 0.268 e. The van der Waals surface area contributed by atoms with Gasteiger partial charge in [0.15, 0.2) is 0 Å². The molecule has 0 saturated heterocycles. The first-order valence-electron chi connectivity index (χ1n) is 6.70. The topological polar surface area (TPSA) is 34.9 Å². The lowest BCUT2D eigenvalue weighted by molar-refractivity contribution is 0.620. The highest BCUT2D eigenvalue weighted by Gasteiger charge is 2.05. The highest BCUT2D eigenvalue weighted by molar-refractivity contribution is 6.30. The summed E-state index contributed by atoms with van der Waals surface area (Å²) in [5.74, 6) is -0.309. The van der Waals surface area contributed by atoms with Crippen LogP contribution in [0.25, 0.3) is 11.3 Å². The minimum atomic E-state index is -0.309. The molecular formula is C17H12ClFN2O. The molecule has 2 aromatic carbocycles. The fourth-order valence-corrected chi connectivity index (χ4v) is 2.32. The number of rotatable bonds is 3. The van der Waals surface area contributed by atoms with E-state index in [0.717, 1.165) is 11.1 Å².